The summed E-state index contributed by atoms with van der Waals surface area (Å²) in [6.45, 7) is 2.36. The average Bonchev–Trinajstić information content (AvgIpc) is 2.90. The fraction of sp³-hybridized carbons (Fsp3) is 0.357. The van der Waals surface area contributed by atoms with Crippen LogP contribution in [0.4, 0.5) is 5.69 Å². The number of likely N-dealkylation sites (N-methyl/N-ethyl adjacent to an activating group) is 1. The predicted octanol–water partition coefficient (Wildman–Crippen LogP) is 1.96. The summed E-state index contributed by atoms with van der Waals surface area (Å²) in [4.78, 5) is 2.10. The minimum absolute atomic E-state index is 0.702. The first-order chi connectivity index (χ1) is 9.24. The zero-order valence-electron chi connectivity index (χ0n) is 11.4. The Morgan fingerprint density at radius 3 is 2.63 bits per heavy atom. The molecule has 0 amide bonds. The molecule has 1 aromatic carbocycles. The Morgan fingerprint density at radius 1 is 1.21 bits per heavy atom. The first-order valence-electron chi connectivity index (χ1n) is 6.34. The molecule has 2 rings (SSSR count). The van der Waals surface area contributed by atoms with E-state index in [2.05, 4.69) is 20.4 Å². The molecule has 0 saturated heterocycles. The van der Waals surface area contributed by atoms with Crippen LogP contribution in [0.5, 0.6) is 5.75 Å². The molecule has 0 spiro atoms. The molecular formula is C14H20N4O. The summed E-state index contributed by atoms with van der Waals surface area (Å²) in [7, 11) is 4.07. The quantitative estimate of drug-likeness (QED) is 0.799. The van der Waals surface area contributed by atoms with E-state index in [0.29, 0.717) is 6.61 Å². The van der Waals surface area contributed by atoms with E-state index in [4.69, 9.17) is 4.74 Å². The highest BCUT2D eigenvalue weighted by Crippen LogP contribution is 2.16. The number of rotatable bonds is 7. The lowest BCUT2D eigenvalue weighted by molar-refractivity contribution is 0.261. The molecule has 0 saturated carbocycles. The molecule has 102 valence electrons. The summed E-state index contributed by atoms with van der Waals surface area (Å²) in [5, 5.41) is 10.1. The predicted molar refractivity (Wildman–Crippen MR) is 76.4 cm³/mol. The number of nitrogens with one attached hydrogen (secondary N) is 2. The summed E-state index contributed by atoms with van der Waals surface area (Å²) in [6, 6.07) is 9.93. The molecular weight excluding hydrogens is 240 g/mol. The second-order valence-corrected chi connectivity index (χ2v) is 4.61. The van der Waals surface area contributed by atoms with Gasteiger partial charge in [-0.15, -0.1) is 0 Å². The van der Waals surface area contributed by atoms with Crippen molar-refractivity contribution in [3.8, 4) is 5.75 Å². The monoisotopic (exact) mass is 260 g/mol. The molecule has 2 aromatic rings. The molecule has 5 heteroatoms. The summed E-state index contributed by atoms with van der Waals surface area (Å²) in [5.74, 6) is 0.897. The van der Waals surface area contributed by atoms with Gasteiger partial charge in [-0.2, -0.15) is 5.10 Å². The highest BCUT2D eigenvalue weighted by Gasteiger charge is 1.97. The molecule has 19 heavy (non-hydrogen) atoms. The number of hydrogen-bond donors (Lipinski definition) is 2. The van der Waals surface area contributed by atoms with Crippen LogP contribution in [0.15, 0.2) is 36.5 Å². The first kappa shape index (κ1) is 13.4. The maximum atomic E-state index is 5.64. The van der Waals surface area contributed by atoms with Gasteiger partial charge in [0.05, 0.1) is 12.2 Å². The number of hydrogen-bond acceptors (Lipinski definition) is 4. The lowest BCUT2D eigenvalue weighted by atomic mass is 10.3. The van der Waals surface area contributed by atoms with Crippen LogP contribution < -0.4 is 10.1 Å². The van der Waals surface area contributed by atoms with E-state index in [9.17, 15) is 0 Å². The fourth-order valence-corrected chi connectivity index (χ4v) is 1.60. The van der Waals surface area contributed by atoms with Gasteiger partial charge in [0.1, 0.15) is 12.4 Å². The molecule has 5 nitrogen and oxygen atoms in total. The van der Waals surface area contributed by atoms with Gasteiger partial charge in [0.15, 0.2) is 0 Å². The Hall–Kier alpha value is -2.01. The number of nitrogens with zero attached hydrogens (tertiary/aromatic N) is 2. The molecule has 1 aromatic heterocycles. The van der Waals surface area contributed by atoms with Gasteiger partial charge < -0.3 is 15.0 Å². The number of H-pyrrole nitrogens is 1. The summed E-state index contributed by atoms with van der Waals surface area (Å²) in [6.07, 6.45) is 1.75. The molecule has 0 aliphatic heterocycles. The lowest BCUT2D eigenvalue weighted by Crippen LogP contribution is -2.19. The second kappa shape index (κ2) is 6.80. The standard InChI is InChI=1S/C14H20N4O/c1-18(2)9-10-19-14-5-3-12(4-6-14)15-11-13-7-8-16-17-13/h3-8,15H,9-11H2,1-2H3,(H,16,17). The van der Waals surface area contributed by atoms with E-state index >= 15 is 0 Å². The average molecular weight is 260 g/mol. The van der Waals surface area contributed by atoms with Crippen LogP contribution in [0.2, 0.25) is 0 Å². The normalized spacial score (nSPS) is 10.7. The van der Waals surface area contributed by atoms with Gasteiger partial charge in [0, 0.05) is 18.4 Å². The molecule has 0 atom stereocenters. The van der Waals surface area contributed by atoms with Crippen molar-refractivity contribution in [2.75, 3.05) is 32.6 Å². The fourth-order valence-electron chi connectivity index (χ4n) is 1.60. The second-order valence-electron chi connectivity index (χ2n) is 4.61. The Labute approximate surface area is 113 Å². The van der Waals surface area contributed by atoms with E-state index in [1.54, 1.807) is 6.20 Å². The molecule has 0 unspecified atom stereocenters. The molecule has 0 radical (unpaired) electrons. The van der Waals surface area contributed by atoms with Crippen LogP contribution in [0.1, 0.15) is 5.69 Å². The summed E-state index contributed by atoms with van der Waals surface area (Å²) >= 11 is 0. The Bertz CT molecular complexity index is 465. The number of aromatic nitrogens is 2. The number of aromatic amines is 1. The minimum atomic E-state index is 0.702. The van der Waals surface area contributed by atoms with Gasteiger partial charge in [-0.3, -0.25) is 5.10 Å². The van der Waals surface area contributed by atoms with Gasteiger partial charge in [-0.05, 0) is 44.4 Å². The van der Waals surface area contributed by atoms with E-state index in [1.165, 1.54) is 0 Å². The molecule has 0 aliphatic rings. The van der Waals surface area contributed by atoms with Crippen molar-refractivity contribution in [3.05, 3.63) is 42.2 Å². The van der Waals surface area contributed by atoms with E-state index in [1.807, 2.05) is 44.4 Å². The Morgan fingerprint density at radius 2 is 2.00 bits per heavy atom. The van der Waals surface area contributed by atoms with Crippen LogP contribution >= 0.6 is 0 Å². The van der Waals surface area contributed by atoms with Crippen LogP contribution in [-0.4, -0.2) is 42.3 Å². The van der Waals surface area contributed by atoms with E-state index in [0.717, 1.165) is 30.2 Å². The zero-order chi connectivity index (χ0) is 13.5. The van der Waals surface area contributed by atoms with Crippen molar-refractivity contribution < 1.29 is 4.74 Å². The number of ether oxygens (including phenoxy) is 1. The van der Waals surface area contributed by atoms with Crippen molar-refractivity contribution in [3.63, 3.8) is 0 Å². The van der Waals surface area contributed by atoms with Crippen LogP contribution in [-0.2, 0) is 6.54 Å². The number of benzene rings is 1. The molecule has 0 aliphatic carbocycles. The maximum absolute atomic E-state index is 5.64. The van der Waals surface area contributed by atoms with Gasteiger partial charge in [0.2, 0.25) is 0 Å². The van der Waals surface area contributed by atoms with Crippen molar-refractivity contribution in [1.82, 2.24) is 15.1 Å². The van der Waals surface area contributed by atoms with Gasteiger partial charge >= 0.3 is 0 Å². The smallest absolute Gasteiger partial charge is 0.119 e. The van der Waals surface area contributed by atoms with Crippen molar-refractivity contribution in [2.24, 2.45) is 0 Å². The van der Waals surface area contributed by atoms with E-state index < -0.39 is 0 Å². The molecule has 0 bridgehead atoms. The highest BCUT2D eigenvalue weighted by molar-refractivity contribution is 5.46. The number of anilines is 1. The summed E-state index contributed by atoms with van der Waals surface area (Å²) < 4.78 is 5.64. The van der Waals surface area contributed by atoms with Crippen LogP contribution in [0.3, 0.4) is 0 Å². The third-order valence-corrected chi connectivity index (χ3v) is 2.70. The highest BCUT2D eigenvalue weighted by atomic mass is 16.5. The van der Waals surface area contributed by atoms with Gasteiger partial charge in [0.25, 0.3) is 0 Å². The SMILES string of the molecule is CN(C)CCOc1ccc(NCc2ccn[nH]2)cc1. The Kier molecular flexibility index (Phi) is 4.80. The molecule has 0 fully saturated rings. The minimum Gasteiger partial charge on any atom is -0.492 e. The van der Waals surface area contributed by atoms with Gasteiger partial charge in [-0.25, -0.2) is 0 Å². The lowest BCUT2D eigenvalue weighted by Gasteiger charge is -2.11. The molecule has 2 N–H and O–H groups in total. The molecule has 1 heterocycles. The largest absolute Gasteiger partial charge is 0.492 e. The van der Waals surface area contributed by atoms with Crippen molar-refractivity contribution >= 4 is 5.69 Å². The summed E-state index contributed by atoms with van der Waals surface area (Å²) in [5.41, 5.74) is 2.13. The maximum Gasteiger partial charge on any atom is 0.119 e. The first-order valence-corrected chi connectivity index (χ1v) is 6.34. The topological polar surface area (TPSA) is 53.2 Å². The van der Waals surface area contributed by atoms with Crippen LogP contribution in [0.25, 0.3) is 0 Å². The third-order valence-electron chi connectivity index (χ3n) is 2.70. The van der Waals surface area contributed by atoms with Gasteiger partial charge in [-0.1, -0.05) is 0 Å². The van der Waals surface area contributed by atoms with Crippen molar-refractivity contribution in [1.29, 1.82) is 0 Å². The van der Waals surface area contributed by atoms with E-state index in [-0.39, 0.29) is 0 Å². The van der Waals surface area contributed by atoms with Crippen molar-refractivity contribution in [2.45, 2.75) is 6.54 Å². The Balaban J connectivity index is 1.77. The van der Waals surface area contributed by atoms with Crippen LogP contribution in [0, 0.1) is 0 Å². The zero-order valence-corrected chi connectivity index (χ0v) is 11.4. The third kappa shape index (κ3) is 4.63.